The standard InChI is InChI=1S/C28H28N4O3/c1-19-9-10-20(2)25(17-19)30-13-15-31(16-14-30)28-29-24-18-21(27(34)35-3)11-12-23(24)26(33)32(28)22-7-5-4-6-8-22/h4-12,17-18H,13-16H2,1-3H3. The normalized spacial score (nSPS) is 13.8. The number of hydrogen-bond acceptors (Lipinski definition) is 6. The van der Waals surface area contributed by atoms with Gasteiger partial charge in [-0.1, -0.05) is 30.3 Å². The summed E-state index contributed by atoms with van der Waals surface area (Å²) in [7, 11) is 1.34. The Labute approximate surface area is 204 Å². The Kier molecular flexibility index (Phi) is 5.99. The van der Waals surface area contributed by atoms with E-state index in [1.807, 2.05) is 30.3 Å². The lowest BCUT2D eigenvalue weighted by molar-refractivity contribution is 0.0601. The molecule has 0 unspecified atom stereocenters. The van der Waals surface area contributed by atoms with Gasteiger partial charge < -0.3 is 14.5 Å². The van der Waals surface area contributed by atoms with Gasteiger partial charge >= 0.3 is 5.97 Å². The van der Waals surface area contributed by atoms with E-state index < -0.39 is 5.97 Å². The molecule has 1 saturated heterocycles. The molecule has 2 heterocycles. The topological polar surface area (TPSA) is 67.7 Å². The monoisotopic (exact) mass is 468 g/mol. The molecule has 0 N–H and O–H groups in total. The minimum absolute atomic E-state index is 0.162. The number of aromatic nitrogens is 2. The number of para-hydroxylation sites is 1. The van der Waals surface area contributed by atoms with Crippen LogP contribution in [0, 0.1) is 13.8 Å². The van der Waals surface area contributed by atoms with E-state index in [1.54, 1.807) is 22.8 Å². The van der Waals surface area contributed by atoms with Crippen LogP contribution in [0.3, 0.4) is 0 Å². The molecule has 0 spiro atoms. The van der Waals surface area contributed by atoms with E-state index in [2.05, 4.69) is 41.8 Å². The highest BCUT2D eigenvalue weighted by atomic mass is 16.5. The number of hydrogen-bond donors (Lipinski definition) is 0. The van der Waals surface area contributed by atoms with Crippen LogP contribution in [0.5, 0.6) is 0 Å². The molecule has 0 bridgehead atoms. The van der Waals surface area contributed by atoms with Crippen molar-refractivity contribution in [2.24, 2.45) is 0 Å². The number of methoxy groups -OCH3 is 1. The minimum Gasteiger partial charge on any atom is -0.465 e. The first-order valence-corrected chi connectivity index (χ1v) is 11.7. The molecule has 4 aromatic rings. The highest BCUT2D eigenvalue weighted by Gasteiger charge is 2.24. The lowest BCUT2D eigenvalue weighted by Gasteiger charge is -2.38. The van der Waals surface area contributed by atoms with Crippen LogP contribution in [0.15, 0.2) is 71.5 Å². The molecule has 0 amide bonds. The van der Waals surface area contributed by atoms with Gasteiger partial charge in [-0.25, -0.2) is 14.3 Å². The fourth-order valence-corrected chi connectivity index (χ4v) is 4.65. The number of carbonyl (C=O) groups is 1. The summed E-state index contributed by atoms with van der Waals surface area (Å²) in [6.07, 6.45) is 0. The number of nitrogens with zero attached hydrogens (tertiary/aromatic N) is 4. The summed E-state index contributed by atoms with van der Waals surface area (Å²) in [5, 5.41) is 0.458. The Morgan fingerprint density at radius 3 is 2.31 bits per heavy atom. The van der Waals surface area contributed by atoms with Crippen molar-refractivity contribution < 1.29 is 9.53 Å². The molecule has 0 atom stereocenters. The van der Waals surface area contributed by atoms with Gasteiger partial charge in [-0.15, -0.1) is 0 Å². The maximum Gasteiger partial charge on any atom is 0.337 e. The Morgan fingerprint density at radius 1 is 0.886 bits per heavy atom. The quantitative estimate of drug-likeness (QED) is 0.420. The number of fused-ring (bicyclic) bond motifs is 1. The highest BCUT2D eigenvalue weighted by molar-refractivity contribution is 5.94. The molecule has 0 radical (unpaired) electrons. The van der Waals surface area contributed by atoms with Crippen molar-refractivity contribution >= 4 is 28.5 Å². The summed E-state index contributed by atoms with van der Waals surface area (Å²) in [5.74, 6) is 0.126. The third kappa shape index (κ3) is 4.25. The van der Waals surface area contributed by atoms with Crippen LogP contribution in [0.4, 0.5) is 11.6 Å². The Balaban J connectivity index is 1.57. The number of aryl methyl sites for hydroxylation is 2. The predicted molar refractivity (Wildman–Crippen MR) is 139 cm³/mol. The number of benzene rings is 3. The van der Waals surface area contributed by atoms with E-state index in [0.717, 1.165) is 31.9 Å². The molecule has 1 fully saturated rings. The zero-order chi connectivity index (χ0) is 24.5. The van der Waals surface area contributed by atoms with Gasteiger partial charge in [0.1, 0.15) is 0 Å². The molecule has 178 valence electrons. The SMILES string of the molecule is COC(=O)c1ccc2c(=O)n(-c3ccccc3)c(N3CCN(c4cc(C)ccc4C)CC3)nc2c1. The molecule has 5 rings (SSSR count). The summed E-state index contributed by atoms with van der Waals surface area (Å²) in [5.41, 5.74) is 5.19. The molecule has 0 saturated carbocycles. The number of anilines is 2. The molecule has 7 heteroatoms. The third-order valence-corrected chi connectivity index (χ3v) is 6.56. The molecule has 35 heavy (non-hydrogen) atoms. The molecule has 1 aliphatic rings. The molecule has 1 aromatic heterocycles. The van der Waals surface area contributed by atoms with Crippen molar-refractivity contribution in [2.75, 3.05) is 43.1 Å². The number of piperazine rings is 1. The van der Waals surface area contributed by atoms with Gasteiger partial charge in [0.25, 0.3) is 5.56 Å². The van der Waals surface area contributed by atoms with Crippen molar-refractivity contribution in [3.63, 3.8) is 0 Å². The van der Waals surface area contributed by atoms with Crippen molar-refractivity contribution in [3.05, 3.63) is 93.8 Å². The van der Waals surface area contributed by atoms with Crippen LogP contribution < -0.4 is 15.4 Å². The average Bonchev–Trinajstić information content (AvgIpc) is 2.89. The highest BCUT2D eigenvalue weighted by Crippen LogP contribution is 2.26. The van der Waals surface area contributed by atoms with Gasteiger partial charge in [-0.05, 0) is 61.4 Å². The van der Waals surface area contributed by atoms with E-state index in [0.29, 0.717) is 22.4 Å². The maximum atomic E-state index is 13.7. The second-order valence-corrected chi connectivity index (χ2v) is 8.88. The van der Waals surface area contributed by atoms with Crippen molar-refractivity contribution in [1.82, 2.24) is 9.55 Å². The summed E-state index contributed by atoms with van der Waals surface area (Å²) in [6.45, 7) is 7.31. The fraction of sp³-hybridized carbons (Fsp3) is 0.250. The van der Waals surface area contributed by atoms with Gasteiger partial charge in [0.05, 0.1) is 29.3 Å². The first kappa shape index (κ1) is 22.7. The molecule has 7 nitrogen and oxygen atoms in total. The Morgan fingerprint density at radius 2 is 1.60 bits per heavy atom. The van der Waals surface area contributed by atoms with Crippen LogP contribution in [0.25, 0.3) is 16.6 Å². The van der Waals surface area contributed by atoms with E-state index in [4.69, 9.17) is 9.72 Å². The van der Waals surface area contributed by atoms with Gasteiger partial charge in [0.2, 0.25) is 5.95 Å². The van der Waals surface area contributed by atoms with Gasteiger partial charge in [-0.2, -0.15) is 0 Å². The zero-order valence-corrected chi connectivity index (χ0v) is 20.2. The average molecular weight is 469 g/mol. The number of rotatable bonds is 4. The van der Waals surface area contributed by atoms with E-state index in [9.17, 15) is 9.59 Å². The molecular weight excluding hydrogens is 440 g/mol. The largest absolute Gasteiger partial charge is 0.465 e. The summed E-state index contributed by atoms with van der Waals surface area (Å²) in [4.78, 5) is 35.2. The first-order valence-electron chi connectivity index (χ1n) is 11.7. The molecule has 0 aliphatic carbocycles. The van der Waals surface area contributed by atoms with Gasteiger partial charge in [-0.3, -0.25) is 4.79 Å². The summed E-state index contributed by atoms with van der Waals surface area (Å²) in [6, 6.07) is 21.0. The fourth-order valence-electron chi connectivity index (χ4n) is 4.65. The number of esters is 1. The maximum absolute atomic E-state index is 13.7. The van der Waals surface area contributed by atoms with Crippen molar-refractivity contribution in [2.45, 2.75) is 13.8 Å². The van der Waals surface area contributed by atoms with Gasteiger partial charge in [0, 0.05) is 31.9 Å². The zero-order valence-electron chi connectivity index (χ0n) is 20.2. The van der Waals surface area contributed by atoms with Crippen LogP contribution in [0.2, 0.25) is 0 Å². The second-order valence-electron chi connectivity index (χ2n) is 8.88. The van der Waals surface area contributed by atoms with Crippen LogP contribution in [-0.2, 0) is 4.74 Å². The van der Waals surface area contributed by atoms with E-state index in [1.165, 1.54) is 23.9 Å². The molecular formula is C28H28N4O3. The summed E-state index contributed by atoms with van der Waals surface area (Å²) >= 11 is 0. The first-order chi connectivity index (χ1) is 17.0. The van der Waals surface area contributed by atoms with Gasteiger partial charge in [0.15, 0.2) is 0 Å². The second kappa shape index (κ2) is 9.25. The number of carbonyl (C=O) groups excluding carboxylic acids is 1. The minimum atomic E-state index is -0.454. The lowest BCUT2D eigenvalue weighted by Crippen LogP contribution is -2.48. The molecule has 3 aromatic carbocycles. The smallest absolute Gasteiger partial charge is 0.337 e. The van der Waals surface area contributed by atoms with Crippen LogP contribution in [0.1, 0.15) is 21.5 Å². The predicted octanol–water partition coefficient (Wildman–Crippen LogP) is 4.12. The van der Waals surface area contributed by atoms with E-state index in [-0.39, 0.29) is 5.56 Å². The number of ether oxygens (including phenoxy) is 1. The third-order valence-electron chi connectivity index (χ3n) is 6.56. The molecule has 1 aliphatic heterocycles. The Hall–Kier alpha value is -4.13. The van der Waals surface area contributed by atoms with Crippen LogP contribution >= 0.6 is 0 Å². The van der Waals surface area contributed by atoms with Crippen molar-refractivity contribution in [1.29, 1.82) is 0 Å². The van der Waals surface area contributed by atoms with E-state index >= 15 is 0 Å². The van der Waals surface area contributed by atoms with Crippen molar-refractivity contribution in [3.8, 4) is 5.69 Å². The Bertz CT molecular complexity index is 1450. The van der Waals surface area contributed by atoms with Crippen LogP contribution in [-0.4, -0.2) is 48.8 Å². The lowest BCUT2D eigenvalue weighted by atomic mass is 10.1. The summed E-state index contributed by atoms with van der Waals surface area (Å²) < 4.78 is 6.54.